The molecule has 0 amide bonds. The van der Waals surface area contributed by atoms with Crippen LogP contribution < -0.4 is 6.15 Å². The maximum atomic E-state index is 9.58. The molecule has 0 unspecified atom stereocenters. The van der Waals surface area contributed by atoms with Crippen molar-refractivity contribution in [1.29, 1.82) is 0 Å². The van der Waals surface area contributed by atoms with Gasteiger partial charge in [0.05, 0.1) is 0 Å². The third-order valence-corrected chi connectivity index (χ3v) is 3.04. The molecule has 18 heavy (non-hydrogen) atoms. The zero-order valence-electron chi connectivity index (χ0n) is 11.5. The third kappa shape index (κ3) is 8.37. The number of phenolic OH excluding ortho intramolecular Hbond substituents is 1. The lowest BCUT2D eigenvalue weighted by atomic mass is 10.0. The number of hydrogen-bond donors (Lipinski definition) is 2. The number of rotatable bonds is 8. The summed E-state index contributed by atoms with van der Waals surface area (Å²) in [5.74, 6) is 0.452. The molecular formula is C15H28ClNO. The van der Waals surface area contributed by atoms with Crippen molar-refractivity contribution in [3.63, 3.8) is 0 Å². The third-order valence-electron chi connectivity index (χ3n) is 3.04. The molecule has 0 fully saturated rings. The number of aryl methyl sites for hydroxylation is 1. The van der Waals surface area contributed by atoms with E-state index in [9.17, 15) is 5.11 Å². The van der Waals surface area contributed by atoms with Gasteiger partial charge in [-0.2, -0.15) is 0 Å². The lowest BCUT2D eigenvalue weighted by Crippen LogP contribution is -1.87. The van der Waals surface area contributed by atoms with E-state index in [1.165, 1.54) is 44.9 Å². The molecule has 0 bridgehead atoms. The quantitative estimate of drug-likeness (QED) is 0.634. The van der Waals surface area contributed by atoms with Crippen molar-refractivity contribution in [3.05, 3.63) is 29.8 Å². The molecule has 0 saturated carbocycles. The molecule has 1 aromatic carbocycles. The van der Waals surface area contributed by atoms with Gasteiger partial charge >= 0.3 is 0 Å². The van der Waals surface area contributed by atoms with E-state index in [2.05, 4.69) is 6.92 Å². The lowest BCUT2D eigenvalue weighted by molar-refractivity contribution is 0.466. The monoisotopic (exact) mass is 273 g/mol. The second kappa shape index (κ2) is 12.7. The predicted octanol–water partition coefficient (Wildman–Crippen LogP) is 5.27. The molecule has 106 valence electrons. The highest BCUT2D eigenvalue weighted by Gasteiger charge is 1.98. The average Bonchev–Trinajstić information content (AvgIpc) is 2.30. The number of hydrogen-bond acceptors (Lipinski definition) is 2. The minimum atomic E-state index is 0. The van der Waals surface area contributed by atoms with Gasteiger partial charge in [0.2, 0.25) is 0 Å². The van der Waals surface area contributed by atoms with Crippen LogP contribution in [-0.4, -0.2) is 5.11 Å². The van der Waals surface area contributed by atoms with E-state index in [1.54, 1.807) is 6.07 Å². The highest BCUT2D eigenvalue weighted by atomic mass is 35.5. The zero-order chi connectivity index (χ0) is 11.6. The first-order valence-corrected chi connectivity index (χ1v) is 6.61. The zero-order valence-corrected chi connectivity index (χ0v) is 12.3. The van der Waals surface area contributed by atoms with Crippen LogP contribution in [0, 0.1) is 0 Å². The van der Waals surface area contributed by atoms with Gasteiger partial charge < -0.3 is 11.3 Å². The Hall–Kier alpha value is -0.730. The number of halogens is 1. The molecule has 2 nitrogen and oxygen atoms in total. The lowest BCUT2D eigenvalue weighted by Gasteiger charge is -2.04. The van der Waals surface area contributed by atoms with Crippen LogP contribution >= 0.6 is 12.4 Å². The van der Waals surface area contributed by atoms with Crippen LogP contribution in [0.2, 0.25) is 0 Å². The minimum Gasteiger partial charge on any atom is -0.508 e. The molecule has 3 heteroatoms. The molecule has 1 aromatic rings. The van der Waals surface area contributed by atoms with E-state index in [-0.39, 0.29) is 18.6 Å². The number of phenols is 1. The molecule has 0 spiro atoms. The van der Waals surface area contributed by atoms with Crippen molar-refractivity contribution in [2.45, 2.75) is 58.3 Å². The Morgan fingerprint density at radius 2 is 1.44 bits per heavy atom. The smallest absolute Gasteiger partial charge is 0.118 e. The largest absolute Gasteiger partial charge is 0.508 e. The molecule has 0 heterocycles. The van der Waals surface area contributed by atoms with E-state index >= 15 is 0 Å². The van der Waals surface area contributed by atoms with Gasteiger partial charge in [-0.05, 0) is 24.5 Å². The maximum absolute atomic E-state index is 9.58. The number of benzene rings is 1. The minimum absolute atomic E-state index is 0. The predicted molar refractivity (Wildman–Crippen MR) is 82.1 cm³/mol. The summed E-state index contributed by atoms with van der Waals surface area (Å²) >= 11 is 0. The van der Waals surface area contributed by atoms with Crippen molar-refractivity contribution in [3.8, 4) is 5.75 Å². The van der Waals surface area contributed by atoms with Gasteiger partial charge in [-0.3, -0.25) is 0 Å². The molecule has 0 aliphatic heterocycles. The molecule has 0 aliphatic rings. The Bertz CT molecular complexity index is 292. The fourth-order valence-electron chi connectivity index (χ4n) is 1.99. The van der Waals surface area contributed by atoms with E-state index in [0.29, 0.717) is 5.75 Å². The molecule has 4 N–H and O–H groups in total. The summed E-state index contributed by atoms with van der Waals surface area (Å²) < 4.78 is 0. The van der Waals surface area contributed by atoms with Gasteiger partial charge in [0.25, 0.3) is 0 Å². The highest BCUT2D eigenvalue weighted by Crippen LogP contribution is 2.18. The topological polar surface area (TPSA) is 55.2 Å². The van der Waals surface area contributed by atoms with Crippen molar-refractivity contribution in [2.24, 2.45) is 0 Å². The second-order valence-electron chi connectivity index (χ2n) is 4.50. The molecule has 0 aliphatic carbocycles. The number of para-hydroxylation sites is 1. The Labute approximate surface area is 118 Å². The Morgan fingerprint density at radius 1 is 0.889 bits per heavy atom. The number of unbranched alkanes of at least 4 members (excludes halogenated alkanes) is 6. The Kier molecular flexibility index (Phi) is 13.9. The summed E-state index contributed by atoms with van der Waals surface area (Å²) in [6.07, 6.45) is 10.3. The van der Waals surface area contributed by atoms with Crippen LogP contribution in [0.5, 0.6) is 5.75 Å². The summed E-state index contributed by atoms with van der Waals surface area (Å²) in [4.78, 5) is 0. The van der Waals surface area contributed by atoms with Gasteiger partial charge in [-0.25, -0.2) is 0 Å². The normalized spacial score (nSPS) is 9.39. The van der Waals surface area contributed by atoms with Crippen LogP contribution in [0.4, 0.5) is 0 Å². The first-order chi connectivity index (χ1) is 7.84. The van der Waals surface area contributed by atoms with Crippen molar-refractivity contribution in [1.82, 2.24) is 6.15 Å². The van der Waals surface area contributed by atoms with E-state index in [4.69, 9.17) is 0 Å². The number of aromatic hydroxyl groups is 1. The summed E-state index contributed by atoms with van der Waals surface area (Å²) in [6.45, 7) is 2.25. The van der Waals surface area contributed by atoms with Crippen LogP contribution in [-0.2, 0) is 6.42 Å². The molecule has 0 saturated heterocycles. The molecular weight excluding hydrogens is 246 g/mol. The van der Waals surface area contributed by atoms with Crippen LogP contribution in [0.3, 0.4) is 0 Å². The molecule has 0 radical (unpaired) electrons. The van der Waals surface area contributed by atoms with Gasteiger partial charge in [-0.15, -0.1) is 12.4 Å². The summed E-state index contributed by atoms with van der Waals surface area (Å²) in [6, 6.07) is 7.67. The Balaban J connectivity index is 0. The van der Waals surface area contributed by atoms with Gasteiger partial charge in [0.15, 0.2) is 0 Å². The standard InChI is InChI=1S/C15H24O.ClH.H3N/c1-2-3-4-5-6-7-8-11-14-12-9-10-13-15(14)16;;/h9-10,12-13,16H,2-8,11H2,1H3;1H;1H3. The summed E-state index contributed by atoms with van der Waals surface area (Å²) in [5.41, 5.74) is 1.09. The van der Waals surface area contributed by atoms with Gasteiger partial charge in [0, 0.05) is 0 Å². The fourth-order valence-corrected chi connectivity index (χ4v) is 1.99. The maximum Gasteiger partial charge on any atom is 0.118 e. The van der Waals surface area contributed by atoms with E-state index in [0.717, 1.165) is 12.0 Å². The molecule has 1 rings (SSSR count). The van der Waals surface area contributed by atoms with Crippen LogP contribution in [0.15, 0.2) is 24.3 Å². The van der Waals surface area contributed by atoms with Crippen LogP contribution in [0.25, 0.3) is 0 Å². The first kappa shape index (κ1) is 19.6. The van der Waals surface area contributed by atoms with Crippen molar-refractivity contribution in [2.75, 3.05) is 0 Å². The highest BCUT2D eigenvalue weighted by molar-refractivity contribution is 5.85. The van der Waals surface area contributed by atoms with E-state index < -0.39 is 0 Å². The van der Waals surface area contributed by atoms with Gasteiger partial charge in [0.1, 0.15) is 5.75 Å². The van der Waals surface area contributed by atoms with Crippen LogP contribution in [0.1, 0.15) is 57.4 Å². The molecule has 0 aromatic heterocycles. The average molecular weight is 274 g/mol. The summed E-state index contributed by atoms with van der Waals surface area (Å²) in [5, 5.41) is 9.58. The van der Waals surface area contributed by atoms with E-state index in [1.807, 2.05) is 18.2 Å². The first-order valence-electron chi connectivity index (χ1n) is 6.61. The van der Waals surface area contributed by atoms with Crippen molar-refractivity contribution < 1.29 is 5.11 Å². The fraction of sp³-hybridized carbons (Fsp3) is 0.600. The van der Waals surface area contributed by atoms with Gasteiger partial charge in [-0.1, -0.05) is 63.6 Å². The SMILES string of the molecule is CCCCCCCCCc1ccccc1O.Cl.N. The summed E-state index contributed by atoms with van der Waals surface area (Å²) in [7, 11) is 0. The van der Waals surface area contributed by atoms with Crippen molar-refractivity contribution >= 4 is 12.4 Å². The molecule has 0 atom stereocenters. The second-order valence-corrected chi connectivity index (χ2v) is 4.50. The Morgan fingerprint density at radius 3 is 2.06 bits per heavy atom.